The van der Waals surface area contributed by atoms with E-state index in [1.807, 2.05) is 18.4 Å². The predicted octanol–water partition coefficient (Wildman–Crippen LogP) is 5.39. The first kappa shape index (κ1) is 21.1. The van der Waals surface area contributed by atoms with Gasteiger partial charge in [0.15, 0.2) is 17.2 Å². The number of anilines is 2. The molecule has 5 aromatic rings. The molecule has 34 heavy (non-hydrogen) atoms. The molecular weight excluding hydrogens is 450 g/mol. The third-order valence-electron chi connectivity index (χ3n) is 4.90. The van der Waals surface area contributed by atoms with Gasteiger partial charge in [-0.2, -0.15) is 10.5 Å². The van der Waals surface area contributed by atoms with Crippen LogP contribution in [0.1, 0.15) is 11.1 Å². The zero-order valence-corrected chi connectivity index (χ0v) is 18.6. The van der Waals surface area contributed by atoms with E-state index in [9.17, 15) is 10.5 Å². The van der Waals surface area contributed by atoms with Gasteiger partial charge in [0.05, 0.1) is 6.26 Å². The summed E-state index contributed by atoms with van der Waals surface area (Å²) in [5, 5.41) is 27.9. The Balaban J connectivity index is 1.55. The Kier molecular flexibility index (Phi) is 5.56. The van der Waals surface area contributed by atoms with Crippen molar-refractivity contribution in [3.05, 3.63) is 78.3 Å². The quantitative estimate of drug-likeness (QED) is 0.260. The van der Waals surface area contributed by atoms with Crippen LogP contribution in [0, 0.1) is 22.7 Å². The van der Waals surface area contributed by atoms with Gasteiger partial charge in [0.2, 0.25) is 0 Å². The summed E-state index contributed by atoms with van der Waals surface area (Å²) in [6, 6.07) is 18.6. The number of nitrogens with one attached hydrogen (secondary N) is 1. The maximum Gasteiger partial charge on any atom is 0.177 e. The molecule has 5 rings (SSSR count). The van der Waals surface area contributed by atoms with E-state index in [-0.39, 0.29) is 5.56 Å². The van der Waals surface area contributed by atoms with Crippen molar-refractivity contribution < 1.29 is 9.15 Å². The fraction of sp³-hybridized carbons (Fsp3) is 0.0417. The number of rotatable bonds is 6. The van der Waals surface area contributed by atoms with Crippen molar-refractivity contribution in [3.63, 3.8) is 0 Å². The molecule has 4 aromatic heterocycles. The van der Waals surface area contributed by atoms with E-state index in [1.54, 1.807) is 48.8 Å². The first-order valence-electron chi connectivity index (χ1n) is 10.0. The molecule has 0 atom stereocenters. The molecular formula is C24H15N7O2S. The third-order valence-corrected chi connectivity index (χ3v) is 5.59. The number of pyridine rings is 1. The maximum atomic E-state index is 9.90. The van der Waals surface area contributed by atoms with Crippen LogP contribution in [0.2, 0.25) is 0 Å². The minimum absolute atomic E-state index is 0.254. The molecule has 0 bridgehead atoms. The zero-order chi connectivity index (χ0) is 23.5. The van der Waals surface area contributed by atoms with E-state index < -0.39 is 0 Å². The molecule has 0 saturated carbocycles. The fourth-order valence-electron chi connectivity index (χ4n) is 3.39. The zero-order valence-electron chi connectivity index (χ0n) is 17.8. The molecule has 0 saturated heterocycles. The van der Waals surface area contributed by atoms with E-state index in [4.69, 9.17) is 9.15 Å². The van der Waals surface area contributed by atoms with Gasteiger partial charge in [-0.1, -0.05) is 0 Å². The molecule has 0 aliphatic carbocycles. The fourth-order valence-corrected chi connectivity index (χ4v) is 3.92. The number of fused-ring (bicyclic) bond motifs is 1. The Hall–Kier alpha value is -4.80. The molecule has 0 radical (unpaired) electrons. The highest BCUT2D eigenvalue weighted by atomic mass is 32.2. The number of benzene rings is 1. The summed E-state index contributed by atoms with van der Waals surface area (Å²) < 4.78 is 12.8. The van der Waals surface area contributed by atoms with Crippen molar-refractivity contribution in [1.82, 2.24) is 19.6 Å². The Morgan fingerprint density at radius 2 is 1.74 bits per heavy atom. The summed E-state index contributed by atoms with van der Waals surface area (Å²) in [4.78, 5) is 8.51. The lowest BCUT2D eigenvalue weighted by Crippen LogP contribution is -2.02. The molecule has 0 amide bonds. The molecule has 0 fully saturated rings. The molecule has 0 aliphatic rings. The lowest BCUT2D eigenvalue weighted by atomic mass is 10.2. The van der Waals surface area contributed by atoms with Crippen LogP contribution in [0.3, 0.4) is 0 Å². The van der Waals surface area contributed by atoms with Gasteiger partial charge in [-0.15, -0.1) is 16.9 Å². The summed E-state index contributed by atoms with van der Waals surface area (Å²) in [5.41, 5.74) is 2.05. The van der Waals surface area contributed by atoms with Gasteiger partial charge in [0.25, 0.3) is 0 Å². The van der Waals surface area contributed by atoms with Crippen LogP contribution in [-0.2, 0) is 0 Å². The molecule has 9 nitrogen and oxygen atoms in total. The van der Waals surface area contributed by atoms with Crippen molar-refractivity contribution in [2.75, 3.05) is 11.6 Å². The second kappa shape index (κ2) is 8.98. The Labute approximate surface area is 198 Å². The van der Waals surface area contributed by atoms with E-state index >= 15 is 0 Å². The number of hydrogen-bond donors (Lipinski definition) is 1. The molecule has 0 aliphatic heterocycles. The van der Waals surface area contributed by atoms with E-state index in [0.717, 1.165) is 0 Å². The van der Waals surface area contributed by atoms with Gasteiger partial charge >= 0.3 is 0 Å². The van der Waals surface area contributed by atoms with E-state index in [0.29, 0.717) is 50.7 Å². The lowest BCUT2D eigenvalue weighted by molar-refractivity contribution is 0.482. The summed E-state index contributed by atoms with van der Waals surface area (Å²) in [6.07, 6.45) is 6.65. The predicted molar refractivity (Wildman–Crippen MR) is 126 cm³/mol. The molecule has 1 N–H and O–H groups in total. The minimum atomic E-state index is 0.254. The minimum Gasteiger partial charge on any atom is -0.463 e. The molecule has 1 aromatic carbocycles. The number of hydrogen-bond acceptors (Lipinski definition) is 9. The molecule has 0 spiro atoms. The number of nitrogens with zero attached hydrogens (tertiary/aromatic N) is 6. The summed E-state index contributed by atoms with van der Waals surface area (Å²) in [6.45, 7) is 0. The monoisotopic (exact) mass is 465 g/mol. The second-order valence-electron chi connectivity index (χ2n) is 6.94. The largest absolute Gasteiger partial charge is 0.463 e. The highest BCUT2D eigenvalue weighted by Gasteiger charge is 2.24. The highest BCUT2D eigenvalue weighted by Crippen LogP contribution is 2.34. The first-order chi connectivity index (χ1) is 16.7. The van der Waals surface area contributed by atoms with Crippen LogP contribution in [-0.4, -0.2) is 25.8 Å². The van der Waals surface area contributed by atoms with Gasteiger partial charge in [0.1, 0.15) is 45.5 Å². The van der Waals surface area contributed by atoms with Gasteiger partial charge in [-0.3, -0.25) is 4.98 Å². The van der Waals surface area contributed by atoms with E-state index in [1.165, 1.54) is 22.5 Å². The van der Waals surface area contributed by atoms with Crippen molar-refractivity contribution in [2.45, 2.75) is 5.03 Å². The molecule has 4 heterocycles. The standard InChI is InChI=1S/C24H15N7O2S/c1-34-24-18(13-25)21(20-3-2-12-32-20)31-23(29-24)19(14-26)22(30-31)28-15-4-6-16(7-5-15)33-17-8-10-27-11-9-17/h2-12H,1H3,(H,28,30). The topological polar surface area (TPSA) is 125 Å². The molecule has 10 heteroatoms. The Morgan fingerprint density at radius 1 is 1.00 bits per heavy atom. The summed E-state index contributed by atoms with van der Waals surface area (Å²) >= 11 is 1.32. The van der Waals surface area contributed by atoms with Crippen LogP contribution >= 0.6 is 11.8 Å². The van der Waals surface area contributed by atoms with Crippen molar-refractivity contribution in [2.24, 2.45) is 0 Å². The maximum absolute atomic E-state index is 9.90. The summed E-state index contributed by atoms with van der Waals surface area (Å²) in [7, 11) is 0. The Morgan fingerprint density at radius 3 is 2.38 bits per heavy atom. The van der Waals surface area contributed by atoms with Crippen LogP contribution in [0.5, 0.6) is 11.5 Å². The van der Waals surface area contributed by atoms with Gasteiger partial charge in [0, 0.05) is 18.1 Å². The van der Waals surface area contributed by atoms with Crippen LogP contribution in [0.15, 0.2) is 76.6 Å². The van der Waals surface area contributed by atoms with Gasteiger partial charge in [-0.25, -0.2) is 9.50 Å². The average molecular weight is 465 g/mol. The molecule has 164 valence electrons. The summed E-state index contributed by atoms with van der Waals surface area (Å²) in [5.74, 6) is 2.10. The van der Waals surface area contributed by atoms with Gasteiger partial charge < -0.3 is 14.5 Å². The van der Waals surface area contributed by atoms with Crippen LogP contribution in [0.25, 0.3) is 17.1 Å². The number of furan rings is 1. The van der Waals surface area contributed by atoms with Crippen molar-refractivity contribution in [3.8, 4) is 35.1 Å². The number of ether oxygens (including phenoxy) is 1. The van der Waals surface area contributed by atoms with Gasteiger partial charge in [-0.05, 0) is 54.8 Å². The third kappa shape index (κ3) is 3.79. The number of aromatic nitrogens is 4. The number of nitriles is 2. The van der Waals surface area contributed by atoms with Crippen LogP contribution in [0.4, 0.5) is 11.5 Å². The number of thioether (sulfide) groups is 1. The normalized spacial score (nSPS) is 10.6. The van der Waals surface area contributed by atoms with Crippen molar-refractivity contribution >= 4 is 28.9 Å². The highest BCUT2D eigenvalue weighted by molar-refractivity contribution is 7.98. The Bertz CT molecular complexity index is 1550. The first-order valence-corrected chi connectivity index (χ1v) is 11.2. The molecule has 0 unspecified atom stereocenters. The second-order valence-corrected chi connectivity index (χ2v) is 7.73. The van der Waals surface area contributed by atoms with E-state index in [2.05, 4.69) is 32.5 Å². The van der Waals surface area contributed by atoms with Crippen LogP contribution < -0.4 is 10.1 Å². The lowest BCUT2D eigenvalue weighted by Gasteiger charge is -2.08. The SMILES string of the molecule is CSc1nc2c(C#N)c(Nc3ccc(Oc4ccncc4)cc3)nn2c(-c2ccco2)c1C#N. The average Bonchev–Trinajstić information content (AvgIpc) is 3.52. The smallest absolute Gasteiger partial charge is 0.177 e. The van der Waals surface area contributed by atoms with Crippen molar-refractivity contribution in [1.29, 1.82) is 10.5 Å².